The number of carbonyl (C=O) groups is 1. The lowest BCUT2D eigenvalue weighted by Gasteiger charge is -2.34. The molecule has 1 fully saturated rings. The van der Waals surface area contributed by atoms with E-state index in [0.717, 1.165) is 48.3 Å². The minimum absolute atomic E-state index is 0. The quantitative estimate of drug-likeness (QED) is 0.591. The second kappa shape index (κ2) is 9.51. The van der Waals surface area contributed by atoms with E-state index in [1.165, 1.54) is 5.69 Å². The average molecular weight is 459 g/mol. The minimum Gasteiger partial charge on any atom is -0.369 e. The molecule has 2 aliphatic rings. The molecule has 7 nitrogen and oxygen atoms in total. The van der Waals surface area contributed by atoms with Gasteiger partial charge in [0.05, 0.1) is 0 Å². The number of nitrogens with one attached hydrogen (secondary N) is 2. The normalized spacial score (nSPS) is 17.8. The molecule has 5 rings (SSSR count). The molecule has 2 N–H and O–H groups in total. The Morgan fingerprint density at radius 2 is 1.77 bits per heavy atom. The maximum absolute atomic E-state index is 12.4. The Kier molecular flexibility index (Phi) is 7.00. The van der Waals surface area contributed by atoms with Gasteiger partial charge in [-0.1, -0.05) is 0 Å². The number of aromatic amines is 1. The number of hydrogen-bond donors (Lipinski definition) is 2. The van der Waals surface area contributed by atoms with E-state index in [4.69, 9.17) is 0 Å². The van der Waals surface area contributed by atoms with Gasteiger partial charge >= 0.3 is 0 Å². The molecule has 0 aliphatic carbocycles. The average Bonchev–Trinajstić information content (AvgIpc) is 3.33. The zero-order valence-electron chi connectivity index (χ0n) is 17.0. The zero-order chi connectivity index (χ0) is 19.8. The van der Waals surface area contributed by atoms with Gasteiger partial charge in [-0.05, 0) is 49.5 Å². The van der Waals surface area contributed by atoms with E-state index in [1.54, 1.807) is 12.3 Å². The number of likely N-dealkylation sites (N-methyl/N-ethyl adjacent to an activating group) is 1. The number of amides is 1. The number of aliphatic imine (C=N–C) groups is 1. The Morgan fingerprint density at radius 3 is 2.52 bits per heavy atom. The van der Waals surface area contributed by atoms with Crippen LogP contribution in [0.5, 0.6) is 0 Å². The molecule has 0 atom stereocenters. The second-order valence-corrected chi connectivity index (χ2v) is 7.42. The summed E-state index contributed by atoms with van der Waals surface area (Å²) in [7, 11) is 2.15. The molecule has 1 aromatic carbocycles. The summed E-state index contributed by atoms with van der Waals surface area (Å²) in [4.78, 5) is 29.1. The van der Waals surface area contributed by atoms with E-state index < -0.39 is 0 Å². The van der Waals surface area contributed by atoms with Gasteiger partial charge in [-0.2, -0.15) is 0 Å². The number of aromatic nitrogens is 2. The molecule has 3 aromatic rings. The summed E-state index contributed by atoms with van der Waals surface area (Å²) in [6.45, 7) is 4.20. The molecular weight excluding hydrogens is 435 g/mol. The van der Waals surface area contributed by atoms with E-state index in [1.807, 2.05) is 30.5 Å². The molecule has 0 radical (unpaired) electrons. The number of H-pyrrole nitrogens is 1. The van der Waals surface area contributed by atoms with Gasteiger partial charge in [-0.25, -0.2) is 9.98 Å². The first-order chi connectivity index (χ1) is 14.2. The van der Waals surface area contributed by atoms with Crippen molar-refractivity contribution in [2.75, 3.05) is 38.1 Å². The predicted molar refractivity (Wildman–Crippen MR) is 129 cm³/mol. The number of carbonyl (C=O) groups excluding carboxylic acids is 1. The van der Waals surface area contributed by atoms with Gasteiger partial charge in [0.25, 0.3) is 5.91 Å². The van der Waals surface area contributed by atoms with Crippen LogP contribution >= 0.6 is 24.8 Å². The van der Waals surface area contributed by atoms with Gasteiger partial charge in [0.2, 0.25) is 0 Å². The molecule has 9 heteroatoms. The summed E-state index contributed by atoms with van der Waals surface area (Å²) in [5, 5.41) is 3.85. The molecular formula is C22H24Cl2N6O. The lowest BCUT2D eigenvalue weighted by Crippen LogP contribution is -2.44. The molecule has 0 spiro atoms. The standard InChI is InChI=1S/C22H22N6O.2ClH/c1-27-9-11-28(12-10-27)17-6-4-15(5-7-17)20-25-19(22(29)26-20)13-16-14-24-21-18(16)3-2-8-23-21;;/h2-8,13-14H,9-12H2,1H3,(H,23,24)(H,25,26,29);2*1H/b19-13-;;. The number of halogens is 2. The summed E-state index contributed by atoms with van der Waals surface area (Å²) in [5.41, 5.74) is 4.19. The number of nitrogens with zero attached hydrogens (tertiary/aromatic N) is 4. The number of fused-ring (bicyclic) bond motifs is 1. The smallest absolute Gasteiger partial charge is 0.275 e. The SMILES string of the molecule is CN1CCN(c2ccc(C3=N/C(=C\c4c[nH]c5ncccc45)C(=O)N3)cc2)CC1.Cl.Cl. The fourth-order valence-corrected chi connectivity index (χ4v) is 3.74. The Morgan fingerprint density at radius 1 is 1.03 bits per heavy atom. The second-order valence-electron chi connectivity index (χ2n) is 7.42. The van der Waals surface area contributed by atoms with Crippen molar-refractivity contribution in [2.24, 2.45) is 4.99 Å². The van der Waals surface area contributed by atoms with Crippen molar-refractivity contribution >= 4 is 59.4 Å². The largest absolute Gasteiger partial charge is 0.369 e. The van der Waals surface area contributed by atoms with E-state index in [2.05, 4.69) is 49.3 Å². The Hall–Kier alpha value is -2.87. The molecule has 1 amide bonds. The lowest BCUT2D eigenvalue weighted by atomic mass is 10.1. The van der Waals surface area contributed by atoms with Crippen LogP contribution in [-0.4, -0.2) is 59.8 Å². The number of rotatable bonds is 3. The molecule has 2 aliphatic heterocycles. The highest BCUT2D eigenvalue weighted by molar-refractivity contribution is 6.20. The van der Waals surface area contributed by atoms with Gasteiger partial charge in [0.15, 0.2) is 0 Å². The van der Waals surface area contributed by atoms with E-state index in [-0.39, 0.29) is 30.7 Å². The molecule has 0 bridgehead atoms. The Bertz CT molecular complexity index is 1130. The number of anilines is 1. The molecule has 31 heavy (non-hydrogen) atoms. The number of piperazine rings is 1. The fourth-order valence-electron chi connectivity index (χ4n) is 3.74. The summed E-state index contributed by atoms with van der Waals surface area (Å²) < 4.78 is 0. The summed E-state index contributed by atoms with van der Waals surface area (Å²) in [5.74, 6) is 0.394. The highest BCUT2D eigenvalue weighted by Crippen LogP contribution is 2.22. The summed E-state index contributed by atoms with van der Waals surface area (Å²) in [6.07, 6.45) is 5.37. The molecule has 162 valence electrons. The maximum atomic E-state index is 12.4. The monoisotopic (exact) mass is 458 g/mol. The summed E-state index contributed by atoms with van der Waals surface area (Å²) in [6, 6.07) is 12.1. The van der Waals surface area contributed by atoms with Gasteiger partial charge in [-0.3, -0.25) is 4.79 Å². The van der Waals surface area contributed by atoms with Crippen LogP contribution in [0.2, 0.25) is 0 Å². The van der Waals surface area contributed by atoms with Crippen LogP contribution in [0.25, 0.3) is 17.1 Å². The topological polar surface area (TPSA) is 76.6 Å². The molecule has 0 unspecified atom stereocenters. The highest BCUT2D eigenvalue weighted by atomic mass is 35.5. The number of hydrogen-bond acceptors (Lipinski definition) is 5. The fraction of sp³-hybridized carbons (Fsp3) is 0.227. The van der Waals surface area contributed by atoms with Crippen molar-refractivity contribution < 1.29 is 4.79 Å². The van der Waals surface area contributed by atoms with Crippen molar-refractivity contribution in [2.45, 2.75) is 0 Å². The first-order valence-electron chi connectivity index (χ1n) is 9.75. The van der Waals surface area contributed by atoms with Gasteiger partial charge < -0.3 is 20.1 Å². The van der Waals surface area contributed by atoms with Crippen LogP contribution in [0.4, 0.5) is 5.69 Å². The Balaban J connectivity index is 0.00000136. The van der Waals surface area contributed by atoms with Crippen molar-refractivity contribution in [1.82, 2.24) is 20.2 Å². The van der Waals surface area contributed by atoms with Crippen molar-refractivity contribution in [3.05, 3.63) is 65.6 Å². The van der Waals surface area contributed by atoms with E-state index >= 15 is 0 Å². The van der Waals surface area contributed by atoms with E-state index in [9.17, 15) is 4.79 Å². The van der Waals surface area contributed by atoms with Crippen LogP contribution in [0.15, 0.2) is 59.5 Å². The van der Waals surface area contributed by atoms with Crippen molar-refractivity contribution in [3.63, 3.8) is 0 Å². The molecule has 1 saturated heterocycles. The van der Waals surface area contributed by atoms with E-state index in [0.29, 0.717) is 11.5 Å². The number of pyridine rings is 1. The third-order valence-corrected chi connectivity index (χ3v) is 5.48. The molecule has 0 saturated carbocycles. The molecule has 2 aromatic heterocycles. The first-order valence-corrected chi connectivity index (χ1v) is 9.75. The van der Waals surface area contributed by atoms with Crippen LogP contribution in [0.3, 0.4) is 0 Å². The van der Waals surface area contributed by atoms with Crippen LogP contribution < -0.4 is 10.2 Å². The van der Waals surface area contributed by atoms with Crippen molar-refractivity contribution in [1.29, 1.82) is 0 Å². The third-order valence-electron chi connectivity index (χ3n) is 5.48. The zero-order valence-corrected chi connectivity index (χ0v) is 18.7. The van der Waals surface area contributed by atoms with Gasteiger partial charge in [-0.15, -0.1) is 24.8 Å². The molecule has 4 heterocycles. The summed E-state index contributed by atoms with van der Waals surface area (Å²) >= 11 is 0. The first kappa shape index (κ1) is 22.8. The minimum atomic E-state index is -0.193. The third kappa shape index (κ3) is 4.58. The van der Waals surface area contributed by atoms with Gasteiger partial charge in [0.1, 0.15) is 17.2 Å². The maximum Gasteiger partial charge on any atom is 0.275 e. The van der Waals surface area contributed by atoms with Gasteiger partial charge in [0, 0.05) is 60.8 Å². The number of amidine groups is 1. The lowest BCUT2D eigenvalue weighted by molar-refractivity contribution is -0.115. The van der Waals surface area contributed by atoms with Crippen LogP contribution in [-0.2, 0) is 4.79 Å². The van der Waals surface area contributed by atoms with Crippen LogP contribution in [0, 0.1) is 0 Å². The van der Waals surface area contributed by atoms with Crippen LogP contribution in [0.1, 0.15) is 11.1 Å². The Labute approximate surface area is 193 Å². The highest BCUT2D eigenvalue weighted by Gasteiger charge is 2.22. The predicted octanol–water partition coefficient (Wildman–Crippen LogP) is 3.08. The van der Waals surface area contributed by atoms with Crippen molar-refractivity contribution in [3.8, 4) is 0 Å². The number of benzene rings is 1.